The van der Waals surface area contributed by atoms with E-state index >= 15 is 0 Å². The number of hydrogen-bond acceptors (Lipinski definition) is 4. The first-order chi connectivity index (χ1) is 8.39. The molecule has 0 aliphatic carbocycles. The van der Waals surface area contributed by atoms with Gasteiger partial charge in [-0.15, -0.1) is 0 Å². The molecule has 1 atom stereocenters. The third-order valence-corrected chi connectivity index (χ3v) is 4.33. The van der Waals surface area contributed by atoms with Crippen LogP contribution in [0.25, 0.3) is 0 Å². The molecule has 1 fully saturated rings. The molecule has 1 aromatic carbocycles. The highest BCUT2D eigenvalue weighted by Gasteiger charge is 2.43. The topological polar surface area (TPSA) is 71.5 Å². The number of ketones is 1. The van der Waals surface area contributed by atoms with Crippen molar-refractivity contribution in [2.45, 2.75) is 11.8 Å². The summed E-state index contributed by atoms with van der Waals surface area (Å²) in [7, 11) is -3.32. The molecule has 0 N–H and O–H groups in total. The van der Waals surface area contributed by atoms with E-state index in [0.717, 1.165) is 11.2 Å². The third-order valence-electron chi connectivity index (χ3n) is 2.92. The van der Waals surface area contributed by atoms with Crippen molar-refractivity contribution in [3.63, 3.8) is 0 Å². The molecule has 2 rings (SSSR count). The zero-order chi connectivity index (χ0) is 13.3. The number of likely N-dealkylation sites (tertiary alicyclic amines) is 1. The first kappa shape index (κ1) is 12.8. The summed E-state index contributed by atoms with van der Waals surface area (Å²) in [4.78, 5) is 24.4. The molecule has 1 aliphatic rings. The van der Waals surface area contributed by atoms with Crippen molar-refractivity contribution in [3.8, 4) is 0 Å². The minimum atomic E-state index is -3.32. The van der Waals surface area contributed by atoms with Crippen LogP contribution < -0.4 is 0 Å². The molecule has 0 saturated carbocycles. The monoisotopic (exact) mass is 267 g/mol. The van der Waals surface area contributed by atoms with Crippen molar-refractivity contribution in [2.24, 2.45) is 0 Å². The normalized spacial score (nSPS) is 19.5. The fourth-order valence-corrected chi connectivity index (χ4v) is 2.97. The Morgan fingerprint density at radius 2 is 1.94 bits per heavy atom. The Hall–Kier alpha value is -1.69. The summed E-state index contributed by atoms with van der Waals surface area (Å²) >= 11 is 0. The molecule has 1 aliphatic heterocycles. The van der Waals surface area contributed by atoms with Gasteiger partial charge in [-0.2, -0.15) is 0 Å². The van der Waals surface area contributed by atoms with Crippen LogP contribution in [0.2, 0.25) is 0 Å². The maximum atomic E-state index is 11.9. The number of hydrogen-bond donors (Lipinski definition) is 0. The van der Waals surface area contributed by atoms with Crippen LogP contribution in [0, 0.1) is 0 Å². The summed E-state index contributed by atoms with van der Waals surface area (Å²) in [6.45, 7) is -0.180. The summed E-state index contributed by atoms with van der Waals surface area (Å²) in [6.07, 6.45) is 1.05. The van der Waals surface area contributed by atoms with E-state index in [1.807, 2.05) is 0 Å². The standard InChI is InChI=1S/C12H13NO4S/c1-18(16,17)12-7-11(15)13(12)8-10(14)9-5-3-2-4-6-9/h2-6,12H,7-8H2,1H3. The van der Waals surface area contributed by atoms with Gasteiger partial charge >= 0.3 is 0 Å². The van der Waals surface area contributed by atoms with Gasteiger partial charge in [0.2, 0.25) is 5.91 Å². The second-order valence-electron chi connectivity index (χ2n) is 4.30. The number of sulfone groups is 1. The van der Waals surface area contributed by atoms with Crippen LogP contribution in [-0.2, 0) is 14.6 Å². The Balaban J connectivity index is 2.10. The number of carbonyl (C=O) groups is 2. The number of Topliss-reactive ketones (excluding diaryl/α,β-unsaturated/α-hetero) is 1. The highest BCUT2D eigenvalue weighted by molar-refractivity contribution is 7.91. The first-order valence-electron chi connectivity index (χ1n) is 5.46. The van der Waals surface area contributed by atoms with Gasteiger partial charge in [0.1, 0.15) is 5.37 Å². The van der Waals surface area contributed by atoms with E-state index in [1.165, 1.54) is 0 Å². The van der Waals surface area contributed by atoms with Crippen LogP contribution in [-0.4, -0.2) is 43.2 Å². The van der Waals surface area contributed by atoms with E-state index in [4.69, 9.17) is 0 Å². The summed E-state index contributed by atoms with van der Waals surface area (Å²) in [6, 6.07) is 8.51. The quantitative estimate of drug-likeness (QED) is 0.587. The zero-order valence-corrected chi connectivity index (χ0v) is 10.7. The van der Waals surface area contributed by atoms with Crippen molar-refractivity contribution in [1.82, 2.24) is 4.90 Å². The zero-order valence-electron chi connectivity index (χ0n) is 9.87. The lowest BCUT2D eigenvalue weighted by Crippen LogP contribution is -2.57. The highest BCUT2D eigenvalue weighted by Crippen LogP contribution is 2.23. The average molecular weight is 267 g/mol. The molecule has 0 radical (unpaired) electrons. The molecule has 0 bridgehead atoms. The van der Waals surface area contributed by atoms with Crippen molar-refractivity contribution in [1.29, 1.82) is 0 Å². The van der Waals surface area contributed by atoms with E-state index in [1.54, 1.807) is 30.3 Å². The van der Waals surface area contributed by atoms with Gasteiger partial charge in [0, 0.05) is 11.8 Å². The molecule has 1 heterocycles. The van der Waals surface area contributed by atoms with E-state index in [-0.39, 0.29) is 24.7 Å². The maximum absolute atomic E-state index is 11.9. The molecule has 1 aromatic rings. The van der Waals surface area contributed by atoms with E-state index in [9.17, 15) is 18.0 Å². The van der Waals surface area contributed by atoms with Gasteiger partial charge in [-0.05, 0) is 0 Å². The lowest BCUT2D eigenvalue weighted by atomic mass is 10.1. The van der Waals surface area contributed by atoms with E-state index in [0.29, 0.717) is 5.56 Å². The molecule has 0 spiro atoms. The lowest BCUT2D eigenvalue weighted by molar-refractivity contribution is -0.141. The third kappa shape index (κ3) is 2.43. The van der Waals surface area contributed by atoms with Gasteiger partial charge in [0.25, 0.3) is 0 Å². The van der Waals surface area contributed by atoms with Crippen molar-refractivity contribution < 1.29 is 18.0 Å². The minimum Gasteiger partial charge on any atom is -0.317 e. The molecule has 96 valence electrons. The molecule has 18 heavy (non-hydrogen) atoms. The van der Waals surface area contributed by atoms with Gasteiger partial charge in [0.05, 0.1) is 13.0 Å². The fraction of sp³-hybridized carbons (Fsp3) is 0.333. The van der Waals surface area contributed by atoms with Crippen LogP contribution in [0.3, 0.4) is 0 Å². The van der Waals surface area contributed by atoms with E-state index < -0.39 is 15.2 Å². The van der Waals surface area contributed by atoms with Gasteiger partial charge in [0.15, 0.2) is 15.6 Å². The number of amides is 1. The van der Waals surface area contributed by atoms with Crippen LogP contribution >= 0.6 is 0 Å². The Labute approximate surface area is 105 Å². The second-order valence-corrected chi connectivity index (χ2v) is 6.50. The van der Waals surface area contributed by atoms with Crippen LogP contribution in [0.4, 0.5) is 0 Å². The van der Waals surface area contributed by atoms with E-state index in [2.05, 4.69) is 0 Å². The van der Waals surface area contributed by atoms with Crippen LogP contribution in [0.15, 0.2) is 30.3 Å². The van der Waals surface area contributed by atoms with Crippen molar-refractivity contribution >= 4 is 21.5 Å². The number of rotatable bonds is 4. The number of β-lactam (4-membered cyclic amide) rings is 1. The summed E-state index contributed by atoms with van der Waals surface area (Å²) in [5, 5.41) is -0.849. The van der Waals surface area contributed by atoms with Gasteiger partial charge < -0.3 is 4.90 Å². The average Bonchev–Trinajstić information content (AvgIpc) is 2.32. The molecule has 1 saturated heterocycles. The van der Waals surface area contributed by atoms with Gasteiger partial charge in [-0.25, -0.2) is 8.42 Å². The Morgan fingerprint density at radius 1 is 1.33 bits per heavy atom. The second kappa shape index (κ2) is 4.53. The Kier molecular flexibility index (Phi) is 3.21. The van der Waals surface area contributed by atoms with Crippen LogP contribution in [0.5, 0.6) is 0 Å². The summed E-state index contributed by atoms with van der Waals surface area (Å²) < 4.78 is 22.8. The van der Waals surface area contributed by atoms with Gasteiger partial charge in [-0.3, -0.25) is 9.59 Å². The van der Waals surface area contributed by atoms with Crippen molar-refractivity contribution in [2.75, 3.05) is 12.8 Å². The number of nitrogens with zero attached hydrogens (tertiary/aromatic N) is 1. The highest BCUT2D eigenvalue weighted by atomic mass is 32.2. The Morgan fingerprint density at radius 3 is 2.44 bits per heavy atom. The first-order valence-corrected chi connectivity index (χ1v) is 7.41. The molecule has 1 amide bonds. The molecule has 0 aromatic heterocycles. The SMILES string of the molecule is CS(=O)(=O)C1CC(=O)N1CC(=O)c1ccccc1. The minimum absolute atomic E-state index is 0.0269. The predicted molar refractivity (Wildman–Crippen MR) is 65.7 cm³/mol. The van der Waals surface area contributed by atoms with Crippen molar-refractivity contribution in [3.05, 3.63) is 35.9 Å². The largest absolute Gasteiger partial charge is 0.317 e. The van der Waals surface area contributed by atoms with Crippen LogP contribution in [0.1, 0.15) is 16.8 Å². The lowest BCUT2D eigenvalue weighted by Gasteiger charge is -2.38. The Bertz CT molecular complexity index is 579. The molecule has 6 heteroatoms. The molecular weight excluding hydrogens is 254 g/mol. The summed E-state index contributed by atoms with van der Waals surface area (Å²) in [5.74, 6) is -0.549. The summed E-state index contributed by atoms with van der Waals surface area (Å²) in [5.41, 5.74) is 0.476. The smallest absolute Gasteiger partial charge is 0.227 e. The molecule has 1 unspecified atom stereocenters. The number of benzene rings is 1. The predicted octanol–water partition coefficient (Wildman–Crippen LogP) is 0.472. The van der Waals surface area contributed by atoms with Gasteiger partial charge in [-0.1, -0.05) is 30.3 Å². The maximum Gasteiger partial charge on any atom is 0.227 e. The fourth-order valence-electron chi connectivity index (χ4n) is 1.87. The number of carbonyl (C=O) groups excluding carboxylic acids is 2. The molecular formula is C12H13NO4S. The molecule has 5 nitrogen and oxygen atoms in total.